The van der Waals surface area contributed by atoms with E-state index in [1.807, 2.05) is 41.1 Å². The lowest BCUT2D eigenvalue weighted by molar-refractivity contribution is 0.657. The molecule has 0 fully saturated rings. The molecule has 0 radical (unpaired) electrons. The number of aryl methyl sites for hydroxylation is 2. The molecule has 0 aliphatic rings. The van der Waals surface area contributed by atoms with Crippen molar-refractivity contribution in [1.82, 2.24) is 19.1 Å². The molecule has 0 unspecified atom stereocenters. The van der Waals surface area contributed by atoms with Crippen molar-refractivity contribution in [3.05, 3.63) is 44.2 Å². The van der Waals surface area contributed by atoms with Crippen LogP contribution in [0.15, 0.2) is 23.5 Å². The van der Waals surface area contributed by atoms with Crippen molar-refractivity contribution >= 4 is 22.6 Å². The fourth-order valence-electron chi connectivity index (χ4n) is 1.44. The van der Waals surface area contributed by atoms with Crippen LogP contribution in [-0.4, -0.2) is 19.1 Å². The van der Waals surface area contributed by atoms with Gasteiger partial charge in [-0.1, -0.05) is 0 Å². The molecule has 6 heteroatoms. The Kier molecular flexibility index (Phi) is 3.08. The predicted molar refractivity (Wildman–Crippen MR) is 68.3 cm³/mol. The van der Waals surface area contributed by atoms with Gasteiger partial charge in [-0.05, 0) is 29.5 Å². The number of aromatic nitrogens is 4. The summed E-state index contributed by atoms with van der Waals surface area (Å²) in [5.74, 6) is 0.714. The molecule has 2 rings (SSSR count). The number of hydrogen-bond donors (Lipinski definition) is 0. The molecule has 0 aliphatic heterocycles. The predicted octanol–water partition coefficient (Wildman–Crippen LogP) is 0.938. The Morgan fingerprint density at radius 1 is 1.44 bits per heavy atom. The molecule has 84 valence electrons. The molecule has 0 bridgehead atoms. The van der Waals surface area contributed by atoms with Gasteiger partial charge in [0, 0.05) is 19.4 Å². The smallest absolute Gasteiger partial charge is 0.267 e. The van der Waals surface area contributed by atoms with Crippen molar-refractivity contribution < 1.29 is 0 Å². The summed E-state index contributed by atoms with van der Waals surface area (Å²) in [4.78, 5) is 20.1. The largest absolute Gasteiger partial charge is 0.336 e. The quantitative estimate of drug-likeness (QED) is 0.770. The minimum Gasteiger partial charge on any atom is -0.336 e. The molecule has 0 N–H and O–H groups in total. The summed E-state index contributed by atoms with van der Waals surface area (Å²) in [7, 11) is 1.91. The first-order valence-electron chi connectivity index (χ1n) is 4.76. The Labute approximate surface area is 106 Å². The van der Waals surface area contributed by atoms with E-state index in [0.29, 0.717) is 15.9 Å². The zero-order valence-corrected chi connectivity index (χ0v) is 11.2. The van der Waals surface area contributed by atoms with Crippen LogP contribution in [0.25, 0.3) is 0 Å². The molecule has 0 saturated heterocycles. The second-order valence-corrected chi connectivity index (χ2v) is 4.70. The summed E-state index contributed by atoms with van der Waals surface area (Å²) in [5, 5.41) is 0. The number of rotatable bonds is 2. The van der Waals surface area contributed by atoms with Crippen LogP contribution in [0.4, 0.5) is 0 Å². The van der Waals surface area contributed by atoms with E-state index < -0.39 is 0 Å². The Balaban J connectivity index is 2.46. The molecular weight excluding hydrogens is 319 g/mol. The summed E-state index contributed by atoms with van der Waals surface area (Å²) in [6.07, 6.45) is 5.07. The highest BCUT2D eigenvalue weighted by Gasteiger charge is 2.07. The third-order valence-electron chi connectivity index (χ3n) is 2.44. The number of hydrogen-bond acceptors (Lipinski definition) is 3. The molecule has 16 heavy (non-hydrogen) atoms. The number of imidazole rings is 1. The highest BCUT2D eigenvalue weighted by Crippen LogP contribution is 2.02. The summed E-state index contributed by atoms with van der Waals surface area (Å²) >= 11 is 2.00. The standard InChI is InChI=1S/C10H11IN4O/c1-7-13-4-9(11)10(16)15(7)5-8-3-12-6-14(8)2/h3-4,6H,5H2,1-2H3. The maximum atomic E-state index is 11.9. The average Bonchev–Trinajstić information content (AvgIpc) is 2.65. The minimum absolute atomic E-state index is 0.00528. The Bertz CT molecular complexity index is 572. The summed E-state index contributed by atoms with van der Waals surface area (Å²) < 4.78 is 4.18. The third kappa shape index (κ3) is 2.01. The molecule has 2 aromatic heterocycles. The first-order chi connectivity index (χ1) is 7.59. The minimum atomic E-state index is -0.00528. The average molecular weight is 330 g/mol. The van der Waals surface area contributed by atoms with Gasteiger partial charge in [-0.3, -0.25) is 9.36 Å². The van der Waals surface area contributed by atoms with Gasteiger partial charge in [0.2, 0.25) is 0 Å². The van der Waals surface area contributed by atoms with E-state index in [2.05, 4.69) is 9.97 Å². The van der Waals surface area contributed by atoms with Crippen molar-refractivity contribution in [2.75, 3.05) is 0 Å². The van der Waals surface area contributed by atoms with E-state index >= 15 is 0 Å². The van der Waals surface area contributed by atoms with Gasteiger partial charge in [0.1, 0.15) is 5.82 Å². The fourth-order valence-corrected chi connectivity index (χ4v) is 1.87. The SMILES string of the molecule is Cc1ncc(I)c(=O)n1Cc1cncn1C. The third-order valence-corrected chi connectivity index (χ3v) is 3.18. The van der Waals surface area contributed by atoms with E-state index in [1.165, 1.54) is 0 Å². The van der Waals surface area contributed by atoms with Crippen LogP contribution in [0.5, 0.6) is 0 Å². The lowest BCUT2D eigenvalue weighted by Gasteiger charge is -2.09. The Hall–Kier alpha value is -1.18. The van der Waals surface area contributed by atoms with Crippen LogP contribution < -0.4 is 5.56 Å². The fraction of sp³-hybridized carbons (Fsp3) is 0.300. The van der Waals surface area contributed by atoms with E-state index in [1.54, 1.807) is 23.3 Å². The van der Waals surface area contributed by atoms with Crippen LogP contribution in [0.3, 0.4) is 0 Å². The number of nitrogens with zero attached hydrogens (tertiary/aromatic N) is 4. The zero-order valence-electron chi connectivity index (χ0n) is 9.01. The van der Waals surface area contributed by atoms with Crippen LogP contribution in [0.2, 0.25) is 0 Å². The molecule has 0 spiro atoms. The highest BCUT2D eigenvalue weighted by atomic mass is 127. The normalized spacial score (nSPS) is 10.7. The lowest BCUT2D eigenvalue weighted by Crippen LogP contribution is -2.26. The maximum absolute atomic E-state index is 11.9. The van der Waals surface area contributed by atoms with E-state index in [0.717, 1.165) is 5.69 Å². The van der Waals surface area contributed by atoms with Crippen molar-refractivity contribution in [1.29, 1.82) is 0 Å². The van der Waals surface area contributed by atoms with Gasteiger partial charge in [0.25, 0.3) is 5.56 Å². The molecule has 2 aromatic rings. The first kappa shape index (κ1) is 11.3. The van der Waals surface area contributed by atoms with Gasteiger partial charge in [0.15, 0.2) is 0 Å². The highest BCUT2D eigenvalue weighted by molar-refractivity contribution is 14.1. The zero-order chi connectivity index (χ0) is 11.7. The second-order valence-electron chi connectivity index (χ2n) is 3.54. The topological polar surface area (TPSA) is 52.7 Å². The molecular formula is C10H11IN4O. The van der Waals surface area contributed by atoms with Crippen molar-refractivity contribution in [3.8, 4) is 0 Å². The summed E-state index contributed by atoms with van der Waals surface area (Å²) in [5.41, 5.74) is 0.975. The molecule has 0 atom stereocenters. The van der Waals surface area contributed by atoms with Crippen LogP contribution in [-0.2, 0) is 13.6 Å². The van der Waals surface area contributed by atoms with Crippen LogP contribution in [0.1, 0.15) is 11.5 Å². The monoisotopic (exact) mass is 330 g/mol. The van der Waals surface area contributed by atoms with Crippen molar-refractivity contribution in [3.63, 3.8) is 0 Å². The van der Waals surface area contributed by atoms with Crippen molar-refractivity contribution in [2.45, 2.75) is 13.5 Å². The van der Waals surface area contributed by atoms with E-state index in [-0.39, 0.29) is 5.56 Å². The molecule has 0 aliphatic carbocycles. The lowest BCUT2D eigenvalue weighted by atomic mass is 10.4. The van der Waals surface area contributed by atoms with Gasteiger partial charge >= 0.3 is 0 Å². The van der Waals surface area contributed by atoms with Gasteiger partial charge in [-0.2, -0.15) is 0 Å². The second kappa shape index (κ2) is 4.36. The van der Waals surface area contributed by atoms with Crippen molar-refractivity contribution in [2.24, 2.45) is 7.05 Å². The van der Waals surface area contributed by atoms with Gasteiger partial charge in [-0.25, -0.2) is 9.97 Å². The molecule has 2 heterocycles. The molecule has 0 saturated carbocycles. The maximum Gasteiger partial charge on any atom is 0.267 e. The van der Waals surface area contributed by atoms with E-state index in [9.17, 15) is 4.79 Å². The molecule has 0 amide bonds. The van der Waals surface area contributed by atoms with Gasteiger partial charge in [0.05, 0.1) is 22.1 Å². The summed E-state index contributed by atoms with van der Waals surface area (Å²) in [6.45, 7) is 2.33. The van der Waals surface area contributed by atoms with Gasteiger partial charge in [-0.15, -0.1) is 0 Å². The summed E-state index contributed by atoms with van der Waals surface area (Å²) in [6, 6.07) is 0. The molecule has 0 aromatic carbocycles. The number of halogens is 1. The van der Waals surface area contributed by atoms with E-state index in [4.69, 9.17) is 0 Å². The van der Waals surface area contributed by atoms with Gasteiger partial charge < -0.3 is 4.57 Å². The van der Waals surface area contributed by atoms with Crippen LogP contribution in [0, 0.1) is 10.5 Å². The Morgan fingerprint density at radius 3 is 2.81 bits per heavy atom. The van der Waals surface area contributed by atoms with Crippen LogP contribution >= 0.6 is 22.6 Å². The molecule has 5 nitrogen and oxygen atoms in total. The first-order valence-corrected chi connectivity index (χ1v) is 5.84. The Morgan fingerprint density at radius 2 is 2.19 bits per heavy atom.